The van der Waals surface area contributed by atoms with Crippen LogP contribution in [0.2, 0.25) is 0 Å². The van der Waals surface area contributed by atoms with Gasteiger partial charge in [-0.25, -0.2) is 8.42 Å². The minimum atomic E-state index is -3.51. The molecule has 0 atom stereocenters. The van der Waals surface area contributed by atoms with Gasteiger partial charge in [0.15, 0.2) is 0 Å². The fourth-order valence-electron chi connectivity index (χ4n) is 6.82. The molecule has 292 valence electrons. The summed E-state index contributed by atoms with van der Waals surface area (Å²) < 4.78 is 29.4. The number of hydrogen-bond donors (Lipinski definition) is 2. The molecule has 8 rings (SSSR count). The van der Waals surface area contributed by atoms with E-state index in [0.717, 1.165) is 23.1 Å². The Morgan fingerprint density at radius 2 is 0.883 bits per heavy atom. The summed E-state index contributed by atoms with van der Waals surface area (Å²) in [6, 6.07) is 54.9. The van der Waals surface area contributed by atoms with Gasteiger partial charge in [-0.2, -0.15) is 10.5 Å². The van der Waals surface area contributed by atoms with Crippen molar-refractivity contribution in [3.8, 4) is 68.0 Å². The number of nitriles is 2. The number of para-hydroxylation sites is 4. The number of anilines is 2. The van der Waals surface area contributed by atoms with Crippen LogP contribution in [0.25, 0.3) is 55.9 Å². The van der Waals surface area contributed by atoms with Gasteiger partial charge in [0, 0.05) is 74.0 Å². The van der Waals surface area contributed by atoms with Crippen LogP contribution in [0.3, 0.4) is 0 Å². The zero-order valence-corrected chi connectivity index (χ0v) is 33.0. The third-order valence-electron chi connectivity index (χ3n) is 9.58. The van der Waals surface area contributed by atoms with E-state index in [1.807, 2.05) is 97.1 Å². The Kier molecular flexibility index (Phi) is 11.6. The normalized spacial score (nSPS) is 10.7. The highest BCUT2D eigenvalue weighted by molar-refractivity contribution is 7.92. The SMILES string of the molecule is CS(=O)(=O)Nc1ccccc1-c1cc(-c2ccccc2C#N)c(=O)n(-c2ccccc2)c1.N#Cc1ccccc1-c1cc(-c2ccccc2N)cn(-c2ccccc2)c1=O. The highest BCUT2D eigenvalue weighted by Gasteiger charge is 2.18. The largest absolute Gasteiger partial charge is 0.398 e. The molecule has 10 nitrogen and oxygen atoms in total. The fraction of sp³-hybridized carbons (Fsp3) is 0.0204. The van der Waals surface area contributed by atoms with Crippen LogP contribution < -0.4 is 21.6 Å². The van der Waals surface area contributed by atoms with Crippen molar-refractivity contribution < 1.29 is 8.42 Å². The van der Waals surface area contributed by atoms with Gasteiger partial charge in [-0.3, -0.25) is 23.4 Å². The summed E-state index contributed by atoms with van der Waals surface area (Å²) in [5, 5.41) is 19.1. The van der Waals surface area contributed by atoms with E-state index in [1.54, 1.807) is 89.8 Å². The van der Waals surface area contributed by atoms with Crippen molar-refractivity contribution in [3.05, 3.63) is 214 Å². The first kappa shape index (κ1) is 40.0. The predicted octanol–water partition coefficient (Wildman–Crippen LogP) is 9.04. The van der Waals surface area contributed by atoms with Crippen molar-refractivity contribution in [2.45, 2.75) is 0 Å². The number of hydrogen-bond acceptors (Lipinski definition) is 7. The maximum atomic E-state index is 13.5. The second kappa shape index (κ2) is 17.5. The summed E-state index contributed by atoms with van der Waals surface area (Å²) in [6.07, 6.45) is 4.56. The maximum absolute atomic E-state index is 13.5. The number of nitrogens with zero attached hydrogens (tertiary/aromatic N) is 4. The molecule has 0 spiro atoms. The summed E-state index contributed by atoms with van der Waals surface area (Å²) in [6.45, 7) is 0. The number of sulfonamides is 1. The standard InChI is InChI=1S/C25H19N3O3S.C24H17N3O/c1-32(30,31)27-24-14-8-7-13-22(24)19-15-23(21-12-6-5-9-18(21)16-26)25(29)28(17-19)20-10-3-2-4-11-20;25-15-17-8-4-5-11-20(17)22-14-18(21-12-6-7-13-23(21)26)16-27(24(22)28)19-9-2-1-3-10-19/h2-15,17,27H,1H3;1-14,16H,26H2. The van der Waals surface area contributed by atoms with E-state index in [0.29, 0.717) is 61.6 Å². The van der Waals surface area contributed by atoms with Gasteiger partial charge in [-0.1, -0.05) is 109 Å². The average Bonchev–Trinajstić information content (AvgIpc) is 3.27. The monoisotopic (exact) mass is 804 g/mol. The Balaban J connectivity index is 0.000000183. The van der Waals surface area contributed by atoms with Crippen LogP contribution >= 0.6 is 0 Å². The molecule has 6 aromatic carbocycles. The number of pyridine rings is 2. The van der Waals surface area contributed by atoms with Crippen molar-refractivity contribution in [3.63, 3.8) is 0 Å². The summed E-state index contributed by atoms with van der Waals surface area (Å²) >= 11 is 0. The first-order valence-electron chi connectivity index (χ1n) is 18.6. The fourth-order valence-corrected chi connectivity index (χ4v) is 7.40. The molecule has 0 aliphatic heterocycles. The number of benzene rings is 6. The van der Waals surface area contributed by atoms with Crippen molar-refractivity contribution in [1.82, 2.24) is 9.13 Å². The zero-order valence-electron chi connectivity index (χ0n) is 32.2. The lowest BCUT2D eigenvalue weighted by Crippen LogP contribution is -2.20. The molecule has 0 bridgehead atoms. The lowest BCUT2D eigenvalue weighted by Gasteiger charge is -2.16. The molecule has 0 saturated carbocycles. The zero-order chi connectivity index (χ0) is 42.2. The molecule has 11 heteroatoms. The van der Waals surface area contributed by atoms with E-state index in [-0.39, 0.29) is 11.1 Å². The van der Waals surface area contributed by atoms with Gasteiger partial charge in [0.25, 0.3) is 11.1 Å². The smallest absolute Gasteiger partial charge is 0.263 e. The molecule has 0 unspecified atom stereocenters. The lowest BCUT2D eigenvalue weighted by molar-refractivity contribution is 0.607. The van der Waals surface area contributed by atoms with Crippen LogP contribution in [0, 0.1) is 22.7 Å². The average molecular weight is 805 g/mol. The minimum absolute atomic E-state index is 0.188. The Morgan fingerprint density at radius 3 is 1.33 bits per heavy atom. The maximum Gasteiger partial charge on any atom is 0.263 e. The van der Waals surface area contributed by atoms with E-state index >= 15 is 0 Å². The van der Waals surface area contributed by atoms with Gasteiger partial charge in [0.1, 0.15) is 0 Å². The Bertz CT molecular complexity index is 3180. The van der Waals surface area contributed by atoms with E-state index in [1.165, 1.54) is 4.57 Å². The Hall–Kier alpha value is -8.25. The van der Waals surface area contributed by atoms with Crippen molar-refractivity contribution in [2.75, 3.05) is 16.7 Å². The number of nitrogen functional groups attached to an aromatic ring is 1. The van der Waals surface area contributed by atoms with E-state index in [4.69, 9.17) is 5.73 Å². The van der Waals surface area contributed by atoms with Gasteiger partial charge < -0.3 is 5.73 Å². The predicted molar refractivity (Wildman–Crippen MR) is 238 cm³/mol. The molecule has 0 amide bonds. The molecular weight excluding hydrogens is 769 g/mol. The molecule has 0 aliphatic rings. The van der Waals surface area contributed by atoms with Gasteiger partial charge in [-0.05, 0) is 60.7 Å². The van der Waals surface area contributed by atoms with Gasteiger partial charge in [0.05, 0.1) is 35.2 Å². The van der Waals surface area contributed by atoms with Crippen molar-refractivity contribution >= 4 is 21.4 Å². The van der Waals surface area contributed by atoms with Gasteiger partial charge in [0.2, 0.25) is 10.0 Å². The molecule has 2 aromatic heterocycles. The number of rotatable bonds is 8. The van der Waals surface area contributed by atoms with Crippen molar-refractivity contribution in [1.29, 1.82) is 10.5 Å². The van der Waals surface area contributed by atoms with Crippen LogP contribution in [-0.2, 0) is 10.0 Å². The number of nitrogens with two attached hydrogens (primary N) is 1. The van der Waals surface area contributed by atoms with E-state index in [2.05, 4.69) is 16.9 Å². The third kappa shape index (κ3) is 8.67. The molecule has 0 radical (unpaired) electrons. The third-order valence-corrected chi connectivity index (χ3v) is 10.2. The second-order valence-electron chi connectivity index (χ2n) is 13.6. The summed E-state index contributed by atoms with van der Waals surface area (Å²) in [5.74, 6) is 0. The van der Waals surface area contributed by atoms with Crippen LogP contribution in [0.1, 0.15) is 11.1 Å². The first-order valence-corrected chi connectivity index (χ1v) is 20.5. The van der Waals surface area contributed by atoms with Gasteiger partial charge in [-0.15, -0.1) is 0 Å². The van der Waals surface area contributed by atoms with E-state index < -0.39 is 10.0 Å². The van der Waals surface area contributed by atoms with Crippen LogP contribution in [0.5, 0.6) is 0 Å². The van der Waals surface area contributed by atoms with Crippen LogP contribution in [-0.4, -0.2) is 23.8 Å². The molecule has 60 heavy (non-hydrogen) atoms. The topological polar surface area (TPSA) is 164 Å². The van der Waals surface area contributed by atoms with Crippen LogP contribution in [0.4, 0.5) is 11.4 Å². The molecule has 0 saturated heterocycles. The Labute approximate surface area is 347 Å². The summed E-state index contributed by atoms with van der Waals surface area (Å²) in [7, 11) is -3.51. The molecule has 2 heterocycles. The van der Waals surface area contributed by atoms with Gasteiger partial charge >= 0.3 is 0 Å². The number of aromatic nitrogens is 2. The summed E-state index contributed by atoms with van der Waals surface area (Å²) in [4.78, 5) is 26.8. The minimum Gasteiger partial charge on any atom is -0.398 e. The molecule has 3 N–H and O–H groups in total. The molecule has 0 aliphatic carbocycles. The number of nitrogens with one attached hydrogen (secondary N) is 1. The molecule has 0 fully saturated rings. The second-order valence-corrected chi connectivity index (χ2v) is 15.4. The van der Waals surface area contributed by atoms with Crippen LogP contribution in [0.15, 0.2) is 192 Å². The quantitative estimate of drug-likeness (QED) is 0.145. The molecular formula is C49H36N6O4S. The van der Waals surface area contributed by atoms with E-state index in [9.17, 15) is 28.5 Å². The highest BCUT2D eigenvalue weighted by atomic mass is 32.2. The lowest BCUT2D eigenvalue weighted by atomic mass is 9.97. The van der Waals surface area contributed by atoms with Crippen molar-refractivity contribution in [2.24, 2.45) is 0 Å². The molecule has 8 aromatic rings. The summed E-state index contributed by atoms with van der Waals surface area (Å²) in [5.41, 5.74) is 13.8. The first-order chi connectivity index (χ1) is 29.1. The highest BCUT2D eigenvalue weighted by Crippen LogP contribution is 2.33. The Morgan fingerprint density at radius 1 is 0.500 bits per heavy atom.